The minimum Gasteiger partial charge on any atom is -0.493 e. The van der Waals surface area contributed by atoms with E-state index >= 15 is 0 Å². The van der Waals surface area contributed by atoms with E-state index in [1.54, 1.807) is 0 Å². The third-order valence-electron chi connectivity index (χ3n) is 3.61. The van der Waals surface area contributed by atoms with Crippen LogP contribution in [0.25, 0.3) is 0 Å². The maximum Gasteiger partial charge on any atom is 0.124 e. The molecule has 0 radical (unpaired) electrons. The Bertz CT molecular complexity index is 567. The largest absolute Gasteiger partial charge is 0.493 e. The van der Waals surface area contributed by atoms with Crippen molar-refractivity contribution in [3.63, 3.8) is 0 Å². The molecule has 0 fully saturated rings. The summed E-state index contributed by atoms with van der Waals surface area (Å²) in [6.45, 7) is 7.57. The average molecular weight is 299 g/mol. The Labute approximate surface area is 133 Å². The molecule has 3 heteroatoms. The molecule has 0 amide bonds. The molecule has 0 spiro atoms. The standard InChI is InChI=1S/C19H25NO2/c1-14-6-7-15(2)18(12-14)21-10-4-5-11-22-19-13-17(20)9-8-16(19)3/h6-9,12-13H,4-5,10-11,20H2,1-3H3. The number of nitrogens with two attached hydrogens (primary N) is 1. The number of aryl methyl sites for hydroxylation is 3. The Morgan fingerprint density at radius 1 is 0.773 bits per heavy atom. The first-order valence-corrected chi connectivity index (χ1v) is 7.75. The fourth-order valence-electron chi connectivity index (χ4n) is 2.20. The number of unbranched alkanes of at least 4 members (excludes halogenated alkanes) is 1. The molecular formula is C19H25NO2. The van der Waals surface area contributed by atoms with Gasteiger partial charge in [-0.1, -0.05) is 18.2 Å². The molecule has 0 aliphatic rings. The van der Waals surface area contributed by atoms with Gasteiger partial charge in [0.05, 0.1) is 13.2 Å². The monoisotopic (exact) mass is 299 g/mol. The van der Waals surface area contributed by atoms with Crippen molar-refractivity contribution in [1.29, 1.82) is 0 Å². The molecule has 0 bridgehead atoms. The first kappa shape index (κ1) is 16.2. The highest BCUT2D eigenvalue weighted by atomic mass is 16.5. The van der Waals surface area contributed by atoms with E-state index in [4.69, 9.17) is 15.2 Å². The average Bonchev–Trinajstić information content (AvgIpc) is 2.49. The lowest BCUT2D eigenvalue weighted by Crippen LogP contribution is -2.04. The van der Waals surface area contributed by atoms with Gasteiger partial charge in [-0.2, -0.15) is 0 Å². The molecule has 2 rings (SSSR count). The van der Waals surface area contributed by atoms with Gasteiger partial charge in [0.1, 0.15) is 11.5 Å². The lowest BCUT2D eigenvalue weighted by Gasteiger charge is -2.11. The SMILES string of the molecule is Cc1ccc(C)c(OCCCCOc2cc(N)ccc2C)c1. The summed E-state index contributed by atoms with van der Waals surface area (Å²) in [5, 5.41) is 0. The molecule has 0 atom stereocenters. The first-order valence-electron chi connectivity index (χ1n) is 7.75. The lowest BCUT2D eigenvalue weighted by molar-refractivity contribution is 0.265. The minimum atomic E-state index is 0.681. The predicted octanol–water partition coefficient (Wildman–Crippen LogP) is 4.43. The number of hydrogen-bond donors (Lipinski definition) is 1. The Balaban J connectivity index is 1.69. The molecule has 0 aliphatic carbocycles. The minimum absolute atomic E-state index is 0.681. The molecule has 2 aromatic carbocycles. The van der Waals surface area contributed by atoms with Crippen molar-refractivity contribution < 1.29 is 9.47 Å². The molecule has 3 nitrogen and oxygen atoms in total. The van der Waals surface area contributed by atoms with Gasteiger partial charge in [0.25, 0.3) is 0 Å². The van der Waals surface area contributed by atoms with Crippen LogP contribution >= 0.6 is 0 Å². The topological polar surface area (TPSA) is 44.5 Å². The Kier molecular flexibility index (Phi) is 5.70. The molecule has 0 aromatic heterocycles. The highest BCUT2D eigenvalue weighted by Crippen LogP contribution is 2.21. The summed E-state index contributed by atoms with van der Waals surface area (Å²) in [6.07, 6.45) is 1.92. The second-order valence-corrected chi connectivity index (χ2v) is 5.70. The van der Waals surface area contributed by atoms with Gasteiger partial charge >= 0.3 is 0 Å². The number of rotatable bonds is 7. The van der Waals surface area contributed by atoms with Crippen LogP contribution in [0.2, 0.25) is 0 Å². The van der Waals surface area contributed by atoms with Crippen LogP contribution in [-0.2, 0) is 0 Å². The number of hydrogen-bond acceptors (Lipinski definition) is 3. The van der Waals surface area contributed by atoms with Crippen molar-refractivity contribution in [3.8, 4) is 11.5 Å². The molecular weight excluding hydrogens is 274 g/mol. The third-order valence-corrected chi connectivity index (χ3v) is 3.61. The molecule has 0 heterocycles. The van der Waals surface area contributed by atoms with E-state index in [0.29, 0.717) is 13.2 Å². The van der Waals surface area contributed by atoms with Gasteiger partial charge in [0.15, 0.2) is 0 Å². The summed E-state index contributed by atoms with van der Waals surface area (Å²) >= 11 is 0. The van der Waals surface area contributed by atoms with E-state index in [2.05, 4.69) is 32.0 Å². The Morgan fingerprint density at radius 2 is 1.32 bits per heavy atom. The van der Waals surface area contributed by atoms with Crippen molar-refractivity contribution in [3.05, 3.63) is 53.1 Å². The van der Waals surface area contributed by atoms with Gasteiger partial charge in [-0.25, -0.2) is 0 Å². The highest BCUT2D eigenvalue weighted by Gasteiger charge is 2.01. The quantitative estimate of drug-likeness (QED) is 0.607. The van der Waals surface area contributed by atoms with E-state index < -0.39 is 0 Å². The smallest absolute Gasteiger partial charge is 0.124 e. The van der Waals surface area contributed by atoms with Gasteiger partial charge in [0.2, 0.25) is 0 Å². The zero-order chi connectivity index (χ0) is 15.9. The van der Waals surface area contributed by atoms with Crippen molar-refractivity contribution in [2.45, 2.75) is 33.6 Å². The van der Waals surface area contributed by atoms with Crippen LogP contribution in [0.15, 0.2) is 36.4 Å². The summed E-state index contributed by atoms with van der Waals surface area (Å²) in [4.78, 5) is 0. The molecule has 0 saturated heterocycles. The van der Waals surface area contributed by atoms with Crippen LogP contribution < -0.4 is 15.2 Å². The predicted molar refractivity (Wildman–Crippen MR) is 91.7 cm³/mol. The maximum absolute atomic E-state index is 5.84. The summed E-state index contributed by atoms with van der Waals surface area (Å²) in [6, 6.07) is 12.0. The highest BCUT2D eigenvalue weighted by molar-refractivity contribution is 5.47. The van der Waals surface area contributed by atoms with Crippen molar-refractivity contribution >= 4 is 5.69 Å². The molecule has 2 aromatic rings. The zero-order valence-corrected chi connectivity index (χ0v) is 13.7. The van der Waals surface area contributed by atoms with Crippen LogP contribution in [0.1, 0.15) is 29.5 Å². The zero-order valence-electron chi connectivity index (χ0n) is 13.7. The van der Waals surface area contributed by atoms with E-state index in [-0.39, 0.29) is 0 Å². The van der Waals surface area contributed by atoms with E-state index in [1.165, 1.54) is 11.1 Å². The summed E-state index contributed by atoms with van der Waals surface area (Å²) in [7, 11) is 0. The van der Waals surface area contributed by atoms with E-state index in [9.17, 15) is 0 Å². The van der Waals surface area contributed by atoms with Crippen LogP contribution in [0.3, 0.4) is 0 Å². The van der Waals surface area contributed by atoms with Crippen molar-refractivity contribution in [1.82, 2.24) is 0 Å². The van der Waals surface area contributed by atoms with Crippen LogP contribution in [0, 0.1) is 20.8 Å². The molecule has 0 aliphatic heterocycles. The Morgan fingerprint density at radius 3 is 1.95 bits per heavy atom. The molecule has 0 unspecified atom stereocenters. The van der Waals surface area contributed by atoms with Crippen molar-refractivity contribution in [2.75, 3.05) is 18.9 Å². The van der Waals surface area contributed by atoms with Crippen LogP contribution in [0.5, 0.6) is 11.5 Å². The van der Waals surface area contributed by atoms with Gasteiger partial charge < -0.3 is 15.2 Å². The van der Waals surface area contributed by atoms with Crippen LogP contribution in [0.4, 0.5) is 5.69 Å². The number of anilines is 1. The molecule has 118 valence electrons. The van der Waals surface area contributed by atoms with E-state index in [1.807, 2.05) is 25.1 Å². The number of nitrogen functional groups attached to an aromatic ring is 1. The molecule has 2 N–H and O–H groups in total. The fourth-order valence-corrected chi connectivity index (χ4v) is 2.20. The van der Waals surface area contributed by atoms with Crippen molar-refractivity contribution in [2.24, 2.45) is 0 Å². The first-order chi connectivity index (χ1) is 10.6. The van der Waals surface area contributed by atoms with Gasteiger partial charge in [-0.15, -0.1) is 0 Å². The summed E-state index contributed by atoms with van der Waals surface area (Å²) in [5.74, 6) is 1.85. The van der Waals surface area contributed by atoms with Gasteiger partial charge in [0, 0.05) is 11.8 Å². The van der Waals surface area contributed by atoms with E-state index in [0.717, 1.165) is 35.6 Å². The summed E-state index contributed by atoms with van der Waals surface area (Å²) < 4.78 is 11.6. The third kappa shape index (κ3) is 4.69. The Hall–Kier alpha value is -2.16. The number of ether oxygens (including phenoxy) is 2. The van der Waals surface area contributed by atoms with Gasteiger partial charge in [-0.3, -0.25) is 0 Å². The number of benzene rings is 2. The second-order valence-electron chi connectivity index (χ2n) is 5.70. The van der Waals surface area contributed by atoms with Crippen LogP contribution in [-0.4, -0.2) is 13.2 Å². The normalized spacial score (nSPS) is 10.5. The fraction of sp³-hybridized carbons (Fsp3) is 0.368. The molecule has 22 heavy (non-hydrogen) atoms. The maximum atomic E-state index is 5.84. The second kappa shape index (κ2) is 7.74. The van der Waals surface area contributed by atoms with Gasteiger partial charge in [-0.05, 0) is 62.4 Å². The lowest BCUT2D eigenvalue weighted by atomic mass is 10.1. The molecule has 0 saturated carbocycles. The summed E-state index contributed by atoms with van der Waals surface area (Å²) in [5.41, 5.74) is 10.0.